The summed E-state index contributed by atoms with van der Waals surface area (Å²) >= 11 is 3.10. The van der Waals surface area contributed by atoms with Crippen LogP contribution >= 0.6 is 15.9 Å². The second kappa shape index (κ2) is 5.80. The zero-order valence-corrected chi connectivity index (χ0v) is 11.4. The molecule has 0 saturated heterocycles. The van der Waals surface area contributed by atoms with E-state index in [1.165, 1.54) is 24.3 Å². The number of aromatic nitrogens is 1. The van der Waals surface area contributed by atoms with Crippen molar-refractivity contribution in [3.8, 4) is 11.6 Å². The topological polar surface area (TPSA) is 103 Å². The fourth-order valence-electron chi connectivity index (χ4n) is 1.39. The SMILES string of the molecule is NNc1ccc([N+](=O)[O-])c(Oc2ccc(Br)cc2F)n1. The minimum atomic E-state index is -0.681. The van der Waals surface area contributed by atoms with Crippen LogP contribution in [0.15, 0.2) is 34.8 Å². The zero-order chi connectivity index (χ0) is 14.7. The highest BCUT2D eigenvalue weighted by atomic mass is 79.9. The lowest BCUT2D eigenvalue weighted by atomic mass is 10.3. The predicted molar refractivity (Wildman–Crippen MR) is 72.9 cm³/mol. The first-order valence-corrected chi connectivity index (χ1v) is 6.05. The van der Waals surface area contributed by atoms with E-state index in [4.69, 9.17) is 10.6 Å². The molecule has 2 rings (SSSR count). The van der Waals surface area contributed by atoms with Crippen LogP contribution in [0.2, 0.25) is 0 Å². The highest BCUT2D eigenvalue weighted by Gasteiger charge is 2.19. The number of hydrogen-bond donors (Lipinski definition) is 2. The van der Waals surface area contributed by atoms with E-state index in [2.05, 4.69) is 26.3 Å². The molecule has 1 heterocycles. The summed E-state index contributed by atoms with van der Waals surface area (Å²) in [5, 5.41) is 10.9. The van der Waals surface area contributed by atoms with Crippen molar-refractivity contribution >= 4 is 27.4 Å². The molecule has 0 radical (unpaired) electrons. The van der Waals surface area contributed by atoms with Gasteiger partial charge in [-0.3, -0.25) is 10.1 Å². The molecule has 104 valence electrons. The number of ether oxygens (including phenoxy) is 1. The van der Waals surface area contributed by atoms with Gasteiger partial charge in [0.2, 0.25) is 0 Å². The molecule has 0 aliphatic carbocycles. The summed E-state index contributed by atoms with van der Waals surface area (Å²) in [6.07, 6.45) is 0. The van der Waals surface area contributed by atoms with Crippen molar-refractivity contribution in [2.45, 2.75) is 0 Å². The molecule has 2 aromatic rings. The number of benzene rings is 1. The summed E-state index contributed by atoms with van der Waals surface area (Å²) in [7, 11) is 0. The summed E-state index contributed by atoms with van der Waals surface area (Å²) < 4.78 is 19.3. The number of hydrazine groups is 1. The van der Waals surface area contributed by atoms with Crippen LogP contribution in [0.5, 0.6) is 11.6 Å². The lowest BCUT2D eigenvalue weighted by Gasteiger charge is -2.08. The van der Waals surface area contributed by atoms with Gasteiger partial charge >= 0.3 is 11.6 Å². The first-order valence-electron chi connectivity index (χ1n) is 5.26. The second-order valence-corrected chi connectivity index (χ2v) is 4.51. The Hall–Kier alpha value is -2.26. The molecule has 1 aromatic carbocycles. The molecule has 0 atom stereocenters. The molecule has 9 heteroatoms. The summed E-state index contributed by atoms with van der Waals surface area (Å²) in [4.78, 5) is 14.0. The lowest BCUT2D eigenvalue weighted by Crippen LogP contribution is -2.09. The lowest BCUT2D eigenvalue weighted by molar-refractivity contribution is -0.386. The third-order valence-corrected chi connectivity index (χ3v) is 2.78. The molecule has 0 spiro atoms. The molecule has 0 aliphatic heterocycles. The Morgan fingerprint density at radius 1 is 1.40 bits per heavy atom. The van der Waals surface area contributed by atoms with E-state index in [0.29, 0.717) is 4.47 Å². The van der Waals surface area contributed by atoms with E-state index in [0.717, 1.165) is 6.07 Å². The number of nitrogen functional groups attached to an aromatic ring is 1. The van der Waals surface area contributed by atoms with Crippen molar-refractivity contribution in [3.05, 3.63) is 50.7 Å². The van der Waals surface area contributed by atoms with Crippen LogP contribution < -0.4 is 16.0 Å². The summed E-state index contributed by atoms with van der Waals surface area (Å²) in [5.74, 6) is 4.11. The molecule has 0 aliphatic rings. The van der Waals surface area contributed by atoms with E-state index in [1.807, 2.05) is 0 Å². The predicted octanol–water partition coefficient (Wildman–Crippen LogP) is 2.97. The van der Waals surface area contributed by atoms with Crippen molar-refractivity contribution in [1.29, 1.82) is 0 Å². The number of rotatable bonds is 4. The Labute approximate surface area is 120 Å². The van der Waals surface area contributed by atoms with Crippen LogP contribution in [0.3, 0.4) is 0 Å². The molecule has 1 aromatic heterocycles. The maximum Gasteiger partial charge on any atom is 0.331 e. The molecule has 0 saturated carbocycles. The van der Waals surface area contributed by atoms with Crippen LogP contribution in [-0.2, 0) is 0 Å². The van der Waals surface area contributed by atoms with Gasteiger partial charge in [-0.25, -0.2) is 10.2 Å². The fourth-order valence-corrected chi connectivity index (χ4v) is 1.72. The third kappa shape index (κ3) is 3.00. The number of nitrogens with two attached hydrogens (primary N) is 1. The highest BCUT2D eigenvalue weighted by molar-refractivity contribution is 9.10. The first-order chi connectivity index (χ1) is 9.51. The molecule has 20 heavy (non-hydrogen) atoms. The van der Waals surface area contributed by atoms with Crippen LogP contribution in [-0.4, -0.2) is 9.91 Å². The van der Waals surface area contributed by atoms with Crippen molar-refractivity contribution in [2.75, 3.05) is 5.43 Å². The minimum absolute atomic E-state index is 0.156. The summed E-state index contributed by atoms with van der Waals surface area (Å²) in [6, 6.07) is 6.51. The van der Waals surface area contributed by atoms with Crippen molar-refractivity contribution in [2.24, 2.45) is 5.84 Å². The Bertz CT molecular complexity index is 668. The molecular weight excluding hydrogens is 335 g/mol. The van der Waals surface area contributed by atoms with E-state index < -0.39 is 16.4 Å². The average Bonchev–Trinajstić information content (AvgIpc) is 2.41. The number of halogens is 2. The minimum Gasteiger partial charge on any atom is -0.430 e. The molecule has 0 bridgehead atoms. The van der Waals surface area contributed by atoms with Crippen LogP contribution in [0.1, 0.15) is 0 Å². The number of hydrogen-bond acceptors (Lipinski definition) is 6. The standard InChI is InChI=1S/C11H8BrFN4O3/c12-6-1-3-9(7(13)5-6)20-11-8(17(18)19)2-4-10(15-11)16-14/h1-5H,14H2,(H,15,16). The average molecular weight is 343 g/mol. The molecule has 3 N–H and O–H groups in total. The summed E-state index contributed by atoms with van der Waals surface area (Å²) in [5.41, 5.74) is 1.83. The van der Waals surface area contributed by atoms with Crippen LogP contribution in [0.25, 0.3) is 0 Å². The van der Waals surface area contributed by atoms with Gasteiger partial charge in [-0.15, -0.1) is 0 Å². The number of anilines is 1. The highest BCUT2D eigenvalue weighted by Crippen LogP contribution is 2.32. The first kappa shape index (κ1) is 14.2. The van der Waals surface area contributed by atoms with Gasteiger partial charge < -0.3 is 10.2 Å². The van der Waals surface area contributed by atoms with Gasteiger partial charge in [-0.05, 0) is 24.3 Å². The smallest absolute Gasteiger partial charge is 0.331 e. The van der Waals surface area contributed by atoms with Crippen molar-refractivity contribution < 1.29 is 14.1 Å². The molecule has 7 nitrogen and oxygen atoms in total. The quantitative estimate of drug-likeness (QED) is 0.503. The van der Waals surface area contributed by atoms with Gasteiger partial charge in [0.05, 0.1) is 4.92 Å². The molecule has 0 fully saturated rings. The Morgan fingerprint density at radius 2 is 2.15 bits per heavy atom. The third-order valence-electron chi connectivity index (χ3n) is 2.29. The van der Waals surface area contributed by atoms with Crippen molar-refractivity contribution in [1.82, 2.24) is 4.98 Å². The monoisotopic (exact) mass is 342 g/mol. The van der Waals surface area contributed by atoms with Gasteiger partial charge in [0.15, 0.2) is 11.6 Å². The maximum atomic E-state index is 13.7. The normalized spacial score (nSPS) is 10.2. The maximum absolute atomic E-state index is 13.7. The molecular formula is C11H8BrFN4O3. The van der Waals surface area contributed by atoms with Gasteiger partial charge in [0.25, 0.3) is 0 Å². The largest absolute Gasteiger partial charge is 0.430 e. The van der Waals surface area contributed by atoms with E-state index in [9.17, 15) is 14.5 Å². The van der Waals surface area contributed by atoms with E-state index in [-0.39, 0.29) is 17.4 Å². The van der Waals surface area contributed by atoms with Gasteiger partial charge in [0.1, 0.15) is 5.82 Å². The summed E-state index contributed by atoms with van der Waals surface area (Å²) in [6.45, 7) is 0. The van der Waals surface area contributed by atoms with Crippen molar-refractivity contribution in [3.63, 3.8) is 0 Å². The number of nitrogens with zero attached hydrogens (tertiary/aromatic N) is 2. The number of nitro groups is 1. The van der Waals surface area contributed by atoms with Gasteiger partial charge in [-0.1, -0.05) is 15.9 Å². The van der Waals surface area contributed by atoms with Crippen LogP contribution in [0, 0.1) is 15.9 Å². The van der Waals surface area contributed by atoms with Gasteiger partial charge in [-0.2, -0.15) is 4.98 Å². The second-order valence-electron chi connectivity index (χ2n) is 3.60. The van der Waals surface area contributed by atoms with Gasteiger partial charge in [0, 0.05) is 10.5 Å². The van der Waals surface area contributed by atoms with E-state index in [1.54, 1.807) is 0 Å². The molecule has 0 amide bonds. The fraction of sp³-hybridized carbons (Fsp3) is 0. The Morgan fingerprint density at radius 3 is 2.75 bits per heavy atom. The van der Waals surface area contributed by atoms with E-state index >= 15 is 0 Å². The van der Waals surface area contributed by atoms with Crippen LogP contribution in [0.4, 0.5) is 15.9 Å². The Kier molecular flexibility index (Phi) is 4.11. The zero-order valence-electron chi connectivity index (χ0n) is 9.84. The Balaban J connectivity index is 2.43. The number of nitrogens with one attached hydrogen (secondary N) is 1. The molecule has 0 unspecified atom stereocenters. The number of pyridine rings is 1.